The second-order valence-electron chi connectivity index (χ2n) is 8.91. The monoisotopic (exact) mass is 419 g/mol. The first kappa shape index (κ1) is 21.8. The van der Waals surface area contributed by atoms with Crippen molar-refractivity contribution in [3.8, 4) is 11.8 Å². The summed E-state index contributed by atoms with van der Waals surface area (Å²) in [5.41, 5.74) is 1.93. The normalized spacial score (nSPS) is 20.0. The standard InChI is InChI=1S/C26H33N3O2/c27-18-22-9-10-25(31-20-21-7-3-1-4-8-21)23(17-22)24(19-29-15-13-28-14-16-29)26(30)11-5-2-6-12-26/h1,3-4,7-10,17,24,28,30H,2,5-6,11-16,19-20H2. The molecule has 1 saturated heterocycles. The maximum atomic E-state index is 11.8. The van der Waals surface area contributed by atoms with Gasteiger partial charge in [0.25, 0.3) is 0 Å². The summed E-state index contributed by atoms with van der Waals surface area (Å²) in [4.78, 5) is 2.44. The topological polar surface area (TPSA) is 68.5 Å². The van der Waals surface area contributed by atoms with E-state index in [1.165, 1.54) is 6.42 Å². The number of aliphatic hydroxyl groups is 1. The SMILES string of the molecule is N#Cc1ccc(OCc2ccccc2)c(C(CN2CCNCC2)C2(O)CCCCC2)c1. The van der Waals surface area contributed by atoms with Gasteiger partial charge in [0.1, 0.15) is 12.4 Å². The van der Waals surface area contributed by atoms with E-state index in [0.717, 1.165) is 75.3 Å². The molecule has 5 nitrogen and oxygen atoms in total. The Labute approximate surface area is 185 Å². The molecule has 0 bridgehead atoms. The van der Waals surface area contributed by atoms with Gasteiger partial charge in [0, 0.05) is 44.2 Å². The highest BCUT2D eigenvalue weighted by atomic mass is 16.5. The van der Waals surface area contributed by atoms with Crippen molar-refractivity contribution in [2.75, 3.05) is 32.7 Å². The fraction of sp³-hybridized carbons (Fsp3) is 0.500. The van der Waals surface area contributed by atoms with Gasteiger partial charge in [0.05, 0.1) is 17.2 Å². The second kappa shape index (κ2) is 10.3. The van der Waals surface area contributed by atoms with Gasteiger partial charge in [0.2, 0.25) is 0 Å². The average Bonchev–Trinajstić information content (AvgIpc) is 2.83. The van der Waals surface area contributed by atoms with Crippen LogP contribution in [0.15, 0.2) is 48.5 Å². The van der Waals surface area contributed by atoms with Gasteiger partial charge in [-0.05, 0) is 36.6 Å². The molecule has 31 heavy (non-hydrogen) atoms. The molecule has 2 aliphatic rings. The van der Waals surface area contributed by atoms with Gasteiger partial charge in [-0.3, -0.25) is 0 Å². The third-order valence-corrected chi connectivity index (χ3v) is 6.77. The Morgan fingerprint density at radius 3 is 2.52 bits per heavy atom. The van der Waals surface area contributed by atoms with Crippen LogP contribution in [0.3, 0.4) is 0 Å². The molecule has 5 heteroatoms. The lowest BCUT2D eigenvalue weighted by atomic mass is 9.72. The molecule has 4 rings (SSSR count). The Balaban J connectivity index is 1.66. The lowest BCUT2D eigenvalue weighted by molar-refractivity contribution is -0.0323. The highest BCUT2D eigenvalue weighted by Crippen LogP contribution is 2.43. The van der Waals surface area contributed by atoms with E-state index in [1.54, 1.807) is 0 Å². The van der Waals surface area contributed by atoms with Crippen molar-refractivity contribution in [1.82, 2.24) is 10.2 Å². The van der Waals surface area contributed by atoms with E-state index in [9.17, 15) is 10.4 Å². The molecule has 1 atom stereocenters. The molecule has 164 valence electrons. The van der Waals surface area contributed by atoms with Gasteiger partial charge in [-0.2, -0.15) is 5.26 Å². The summed E-state index contributed by atoms with van der Waals surface area (Å²) >= 11 is 0. The number of ether oxygens (including phenoxy) is 1. The van der Waals surface area contributed by atoms with Gasteiger partial charge in [0.15, 0.2) is 0 Å². The summed E-state index contributed by atoms with van der Waals surface area (Å²) in [6.45, 7) is 5.16. The number of hydrogen-bond acceptors (Lipinski definition) is 5. The molecule has 2 N–H and O–H groups in total. The zero-order valence-corrected chi connectivity index (χ0v) is 18.2. The van der Waals surface area contributed by atoms with Crippen molar-refractivity contribution in [2.45, 2.75) is 50.2 Å². The number of nitrogens with one attached hydrogen (secondary N) is 1. The van der Waals surface area contributed by atoms with Crippen molar-refractivity contribution >= 4 is 0 Å². The molecule has 2 fully saturated rings. The molecule has 1 aliphatic heterocycles. The summed E-state index contributed by atoms with van der Waals surface area (Å²) in [5.74, 6) is 0.701. The maximum Gasteiger partial charge on any atom is 0.123 e. The number of nitrogens with zero attached hydrogens (tertiary/aromatic N) is 2. The third-order valence-electron chi connectivity index (χ3n) is 6.77. The summed E-state index contributed by atoms with van der Waals surface area (Å²) < 4.78 is 6.28. The summed E-state index contributed by atoms with van der Waals surface area (Å²) in [5, 5.41) is 24.8. The highest BCUT2D eigenvalue weighted by Gasteiger charge is 2.41. The van der Waals surface area contributed by atoms with Gasteiger partial charge in [-0.1, -0.05) is 49.6 Å². The number of nitriles is 1. The van der Waals surface area contributed by atoms with E-state index in [0.29, 0.717) is 12.2 Å². The number of hydrogen-bond donors (Lipinski definition) is 2. The van der Waals surface area contributed by atoms with Gasteiger partial charge >= 0.3 is 0 Å². The average molecular weight is 420 g/mol. The second-order valence-corrected chi connectivity index (χ2v) is 8.91. The van der Waals surface area contributed by atoms with Crippen LogP contribution in [0.5, 0.6) is 5.75 Å². The summed E-state index contributed by atoms with van der Waals surface area (Å²) in [6, 6.07) is 18.1. The number of rotatable bonds is 7. The molecule has 2 aromatic carbocycles. The Morgan fingerprint density at radius 1 is 1.06 bits per heavy atom. The largest absolute Gasteiger partial charge is 0.489 e. The van der Waals surface area contributed by atoms with Crippen molar-refractivity contribution in [3.63, 3.8) is 0 Å². The van der Waals surface area contributed by atoms with Gasteiger partial charge in [-0.15, -0.1) is 0 Å². The molecule has 0 amide bonds. The van der Waals surface area contributed by atoms with E-state index < -0.39 is 5.60 Å². The molecule has 1 unspecified atom stereocenters. The predicted molar refractivity (Wildman–Crippen MR) is 122 cm³/mol. The molecule has 1 aliphatic carbocycles. The summed E-state index contributed by atoms with van der Waals surface area (Å²) in [7, 11) is 0. The van der Waals surface area contributed by atoms with Crippen LogP contribution >= 0.6 is 0 Å². The van der Waals surface area contributed by atoms with E-state index in [2.05, 4.69) is 28.4 Å². The number of piperazine rings is 1. The van der Waals surface area contributed by atoms with Crippen LogP contribution in [0.25, 0.3) is 0 Å². The first-order chi connectivity index (χ1) is 15.2. The smallest absolute Gasteiger partial charge is 0.123 e. The van der Waals surface area contributed by atoms with E-state index in [4.69, 9.17) is 4.74 Å². The predicted octanol–water partition coefficient (Wildman–Crippen LogP) is 3.82. The molecule has 1 heterocycles. The lowest BCUT2D eigenvalue weighted by Gasteiger charge is -2.43. The molecule has 0 spiro atoms. The molecular formula is C26H33N3O2. The third kappa shape index (κ3) is 5.46. The molecule has 1 saturated carbocycles. The van der Waals surface area contributed by atoms with Crippen LogP contribution in [0.1, 0.15) is 54.7 Å². The maximum absolute atomic E-state index is 11.8. The Hall–Kier alpha value is -2.39. The van der Waals surface area contributed by atoms with Crippen LogP contribution in [0.2, 0.25) is 0 Å². The quantitative estimate of drug-likeness (QED) is 0.714. The summed E-state index contributed by atoms with van der Waals surface area (Å²) in [6.07, 6.45) is 4.88. The minimum absolute atomic E-state index is 0.0787. The molecular weight excluding hydrogens is 386 g/mol. The van der Waals surface area contributed by atoms with Gasteiger partial charge < -0.3 is 20.1 Å². The van der Waals surface area contributed by atoms with Gasteiger partial charge in [-0.25, -0.2) is 0 Å². The van der Waals surface area contributed by atoms with Crippen molar-refractivity contribution in [1.29, 1.82) is 5.26 Å². The number of benzene rings is 2. The van der Waals surface area contributed by atoms with Crippen LogP contribution in [-0.2, 0) is 6.61 Å². The van der Waals surface area contributed by atoms with Crippen LogP contribution in [0.4, 0.5) is 0 Å². The van der Waals surface area contributed by atoms with E-state index in [-0.39, 0.29) is 5.92 Å². The van der Waals surface area contributed by atoms with Crippen LogP contribution in [0, 0.1) is 11.3 Å². The molecule has 0 radical (unpaired) electrons. The van der Waals surface area contributed by atoms with Crippen molar-refractivity contribution < 1.29 is 9.84 Å². The Morgan fingerprint density at radius 2 is 1.81 bits per heavy atom. The lowest BCUT2D eigenvalue weighted by Crippen LogP contribution is -2.49. The first-order valence-electron chi connectivity index (χ1n) is 11.5. The Bertz CT molecular complexity index is 881. The molecule has 0 aromatic heterocycles. The minimum Gasteiger partial charge on any atom is -0.489 e. The van der Waals surface area contributed by atoms with Crippen molar-refractivity contribution in [2.24, 2.45) is 0 Å². The minimum atomic E-state index is -0.762. The highest BCUT2D eigenvalue weighted by molar-refractivity contribution is 5.45. The zero-order valence-electron chi connectivity index (χ0n) is 18.2. The zero-order chi connectivity index (χ0) is 21.5. The fourth-order valence-electron chi connectivity index (χ4n) is 4.98. The first-order valence-corrected chi connectivity index (χ1v) is 11.5. The Kier molecular flexibility index (Phi) is 7.24. The molecule has 2 aromatic rings. The van der Waals surface area contributed by atoms with E-state index >= 15 is 0 Å². The van der Waals surface area contributed by atoms with Crippen LogP contribution < -0.4 is 10.1 Å². The fourth-order valence-corrected chi connectivity index (χ4v) is 4.98. The van der Waals surface area contributed by atoms with Crippen LogP contribution in [-0.4, -0.2) is 48.3 Å². The van der Waals surface area contributed by atoms with E-state index in [1.807, 2.05) is 36.4 Å². The van der Waals surface area contributed by atoms with Crippen molar-refractivity contribution in [3.05, 3.63) is 65.2 Å².